The summed E-state index contributed by atoms with van der Waals surface area (Å²) >= 11 is 0. The van der Waals surface area contributed by atoms with Gasteiger partial charge in [-0.15, -0.1) is 0 Å². The first kappa shape index (κ1) is 17.2. The van der Waals surface area contributed by atoms with Crippen molar-refractivity contribution in [2.75, 3.05) is 0 Å². The molecule has 0 amide bonds. The molecule has 0 aliphatic rings. The molecule has 6 nitrogen and oxygen atoms in total. The normalized spacial score (nSPS) is 13.0. The molecule has 124 valence electrons. The molecule has 23 heavy (non-hydrogen) atoms. The Bertz CT molecular complexity index is 805. The Morgan fingerprint density at radius 3 is 2.39 bits per heavy atom. The molecule has 2 aromatic rings. The average molecular weight is 337 g/mol. The summed E-state index contributed by atoms with van der Waals surface area (Å²) in [6.45, 7) is 5.19. The molecule has 2 N–H and O–H groups in total. The fourth-order valence-corrected chi connectivity index (χ4v) is 3.65. The fourth-order valence-electron chi connectivity index (χ4n) is 2.24. The molecule has 1 aromatic carbocycles. The quantitative estimate of drug-likeness (QED) is 0.845. The van der Waals surface area contributed by atoms with Crippen LogP contribution in [0.15, 0.2) is 39.6 Å². The number of carbonyl (C=O) groups is 1. The van der Waals surface area contributed by atoms with Crippen molar-refractivity contribution in [2.24, 2.45) is 0 Å². The van der Waals surface area contributed by atoms with E-state index in [-0.39, 0.29) is 10.7 Å². The van der Waals surface area contributed by atoms with Crippen LogP contribution in [-0.2, 0) is 16.4 Å². The average Bonchev–Trinajstić information content (AvgIpc) is 2.90. The van der Waals surface area contributed by atoms with Crippen molar-refractivity contribution in [2.45, 2.75) is 38.1 Å². The summed E-state index contributed by atoms with van der Waals surface area (Å²) in [7, 11) is -3.87. The lowest BCUT2D eigenvalue weighted by Gasteiger charge is -2.14. The van der Waals surface area contributed by atoms with Gasteiger partial charge in [0.15, 0.2) is 0 Å². The molecule has 0 aliphatic heterocycles. The first-order chi connectivity index (χ1) is 10.7. The highest BCUT2D eigenvalue weighted by Crippen LogP contribution is 2.23. The van der Waals surface area contributed by atoms with Gasteiger partial charge in [-0.3, -0.25) is 0 Å². The number of carboxylic acids is 1. The van der Waals surface area contributed by atoms with E-state index in [2.05, 4.69) is 4.72 Å². The van der Waals surface area contributed by atoms with Crippen LogP contribution in [-0.4, -0.2) is 19.5 Å². The second kappa shape index (κ2) is 6.55. The maximum Gasteiger partial charge on any atom is 0.371 e. The molecule has 0 saturated heterocycles. The van der Waals surface area contributed by atoms with Crippen molar-refractivity contribution in [3.8, 4) is 0 Å². The van der Waals surface area contributed by atoms with Crippen LogP contribution in [0.25, 0.3) is 0 Å². The van der Waals surface area contributed by atoms with Gasteiger partial charge in [0.05, 0.1) is 0 Å². The highest BCUT2D eigenvalue weighted by molar-refractivity contribution is 7.89. The summed E-state index contributed by atoms with van der Waals surface area (Å²) in [4.78, 5) is 10.7. The molecule has 0 radical (unpaired) electrons. The van der Waals surface area contributed by atoms with E-state index in [0.717, 1.165) is 18.1 Å². The second-order valence-electron chi connectivity index (χ2n) is 5.27. The number of hydrogen-bond acceptors (Lipinski definition) is 4. The number of carboxylic acid groups (broad SMARTS) is 1. The largest absolute Gasteiger partial charge is 0.475 e. The Labute approximate surface area is 135 Å². The maximum absolute atomic E-state index is 12.4. The Hall–Kier alpha value is -2.12. The van der Waals surface area contributed by atoms with E-state index in [1.165, 1.54) is 12.5 Å². The number of rotatable bonds is 6. The number of aryl methyl sites for hydroxylation is 2. The van der Waals surface area contributed by atoms with E-state index < -0.39 is 27.8 Å². The number of benzene rings is 1. The summed E-state index contributed by atoms with van der Waals surface area (Å²) in [6.07, 6.45) is 0.909. The van der Waals surface area contributed by atoms with Gasteiger partial charge in [-0.2, -0.15) is 0 Å². The molecule has 7 heteroatoms. The number of sulfonamides is 1. The maximum atomic E-state index is 12.4. The molecule has 0 saturated carbocycles. The van der Waals surface area contributed by atoms with E-state index in [1.54, 1.807) is 6.92 Å². The Morgan fingerprint density at radius 2 is 1.91 bits per heavy atom. The SMILES string of the molecule is CCc1ccc(C(C)NS(=O)(=O)c2cc(C(=O)O)oc2C)cc1. The molecule has 1 unspecified atom stereocenters. The molecule has 0 aliphatic carbocycles. The smallest absolute Gasteiger partial charge is 0.371 e. The van der Waals surface area contributed by atoms with E-state index in [4.69, 9.17) is 9.52 Å². The van der Waals surface area contributed by atoms with Crippen LogP contribution in [0.4, 0.5) is 0 Å². The predicted octanol–water partition coefficient (Wildman–Crippen LogP) is 2.89. The summed E-state index contributed by atoms with van der Waals surface area (Å²) in [5, 5.41) is 8.89. The van der Waals surface area contributed by atoms with Crippen molar-refractivity contribution in [1.82, 2.24) is 4.72 Å². The number of nitrogens with one attached hydrogen (secondary N) is 1. The third kappa shape index (κ3) is 3.80. The standard InChI is InChI=1S/C16H19NO5S/c1-4-12-5-7-13(8-6-12)10(2)17-23(20,21)15-9-14(16(18)19)22-11(15)3/h5-10,17H,4H2,1-3H3,(H,18,19). The number of furan rings is 1. The fraction of sp³-hybridized carbons (Fsp3) is 0.312. The summed E-state index contributed by atoms with van der Waals surface area (Å²) < 4.78 is 32.4. The lowest BCUT2D eigenvalue weighted by atomic mass is 10.1. The van der Waals surface area contributed by atoms with Gasteiger partial charge in [-0.25, -0.2) is 17.9 Å². The zero-order chi connectivity index (χ0) is 17.2. The van der Waals surface area contributed by atoms with Crippen LogP contribution in [0.2, 0.25) is 0 Å². The van der Waals surface area contributed by atoms with Crippen LogP contribution in [0.1, 0.15) is 47.3 Å². The Morgan fingerprint density at radius 1 is 1.30 bits per heavy atom. The summed E-state index contributed by atoms with van der Waals surface area (Å²) in [5.41, 5.74) is 1.99. The minimum absolute atomic E-state index is 0.0448. The van der Waals surface area contributed by atoms with E-state index >= 15 is 0 Å². The highest BCUT2D eigenvalue weighted by atomic mass is 32.2. The molecule has 2 rings (SSSR count). The number of aromatic carboxylic acids is 1. The van der Waals surface area contributed by atoms with Gasteiger partial charge in [0.25, 0.3) is 0 Å². The van der Waals surface area contributed by atoms with E-state index in [0.29, 0.717) is 0 Å². The minimum Gasteiger partial charge on any atom is -0.475 e. The minimum atomic E-state index is -3.87. The van der Waals surface area contributed by atoms with Crippen molar-refractivity contribution in [3.05, 3.63) is 53.0 Å². The van der Waals surface area contributed by atoms with Gasteiger partial charge in [0.2, 0.25) is 15.8 Å². The monoisotopic (exact) mass is 337 g/mol. The predicted molar refractivity (Wildman–Crippen MR) is 85.0 cm³/mol. The first-order valence-electron chi connectivity index (χ1n) is 7.19. The molecule has 1 atom stereocenters. The van der Waals surface area contributed by atoms with Gasteiger partial charge in [-0.1, -0.05) is 31.2 Å². The molecule has 0 fully saturated rings. The van der Waals surface area contributed by atoms with E-state index in [1.807, 2.05) is 31.2 Å². The van der Waals surface area contributed by atoms with Crippen LogP contribution < -0.4 is 4.72 Å². The van der Waals surface area contributed by atoms with Crippen LogP contribution >= 0.6 is 0 Å². The van der Waals surface area contributed by atoms with Crippen LogP contribution in [0.5, 0.6) is 0 Å². The van der Waals surface area contributed by atoms with Crippen LogP contribution in [0.3, 0.4) is 0 Å². The van der Waals surface area contributed by atoms with Gasteiger partial charge in [0.1, 0.15) is 10.7 Å². The topological polar surface area (TPSA) is 96.6 Å². The van der Waals surface area contributed by atoms with Crippen molar-refractivity contribution >= 4 is 16.0 Å². The number of hydrogen-bond donors (Lipinski definition) is 2. The molecular weight excluding hydrogens is 318 g/mol. The van der Waals surface area contributed by atoms with Crippen molar-refractivity contribution in [1.29, 1.82) is 0 Å². The third-order valence-electron chi connectivity index (χ3n) is 3.59. The van der Waals surface area contributed by atoms with Gasteiger partial charge in [-0.05, 0) is 31.4 Å². The Balaban J connectivity index is 2.24. The first-order valence-corrected chi connectivity index (χ1v) is 8.67. The third-order valence-corrected chi connectivity index (χ3v) is 5.24. The molecule has 0 spiro atoms. The lowest BCUT2D eigenvalue weighted by Crippen LogP contribution is -2.27. The van der Waals surface area contributed by atoms with Gasteiger partial charge >= 0.3 is 5.97 Å². The van der Waals surface area contributed by atoms with Crippen LogP contribution in [0, 0.1) is 6.92 Å². The second-order valence-corrected chi connectivity index (χ2v) is 6.96. The zero-order valence-electron chi connectivity index (χ0n) is 13.2. The molecule has 1 aromatic heterocycles. The summed E-state index contributed by atoms with van der Waals surface area (Å²) in [5.74, 6) is -1.66. The van der Waals surface area contributed by atoms with Crippen molar-refractivity contribution in [3.63, 3.8) is 0 Å². The lowest BCUT2D eigenvalue weighted by molar-refractivity contribution is 0.0661. The molecule has 1 heterocycles. The van der Waals surface area contributed by atoms with E-state index in [9.17, 15) is 13.2 Å². The summed E-state index contributed by atoms with van der Waals surface area (Å²) in [6, 6.07) is 8.21. The van der Waals surface area contributed by atoms with Crippen molar-refractivity contribution < 1.29 is 22.7 Å². The highest BCUT2D eigenvalue weighted by Gasteiger charge is 2.25. The molecule has 0 bridgehead atoms. The van der Waals surface area contributed by atoms with Gasteiger partial charge in [0, 0.05) is 12.1 Å². The zero-order valence-corrected chi connectivity index (χ0v) is 14.0. The molecular formula is C16H19NO5S. The Kier molecular flexibility index (Phi) is 4.91. The van der Waals surface area contributed by atoms with Gasteiger partial charge < -0.3 is 9.52 Å².